The topological polar surface area (TPSA) is 35.9 Å². The van der Waals surface area contributed by atoms with Crippen LogP contribution in [0.25, 0.3) is 0 Å². The normalized spacial score (nSPS) is 19.2. The molecule has 0 radical (unpaired) electrons. The molecule has 4 heteroatoms. The molecule has 4 nitrogen and oxygen atoms in total. The number of amidine groups is 1. The van der Waals surface area contributed by atoms with Crippen molar-refractivity contribution in [2.45, 2.75) is 39.0 Å². The molecule has 98 valence electrons. The molecule has 0 aliphatic carbocycles. The van der Waals surface area contributed by atoms with Crippen LogP contribution in [0.4, 0.5) is 0 Å². The number of hydrogen-bond acceptors (Lipinski definition) is 3. The van der Waals surface area contributed by atoms with Crippen LogP contribution in [0.3, 0.4) is 0 Å². The van der Waals surface area contributed by atoms with Crippen LogP contribution in [-0.4, -0.2) is 55.3 Å². The van der Waals surface area contributed by atoms with Gasteiger partial charge in [0.25, 0.3) is 0 Å². The molecule has 0 aromatic heterocycles. The lowest BCUT2D eigenvalue weighted by Crippen LogP contribution is -2.34. The van der Waals surface area contributed by atoms with E-state index < -0.39 is 0 Å². The van der Waals surface area contributed by atoms with Crippen molar-refractivity contribution in [1.82, 2.24) is 9.80 Å². The summed E-state index contributed by atoms with van der Waals surface area (Å²) < 4.78 is 0. The fourth-order valence-electron chi connectivity index (χ4n) is 1.94. The summed E-state index contributed by atoms with van der Waals surface area (Å²) in [6.07, 6.45) is 6.63. The summed E-state index contributed by atoms with van der Waals surface area (Å²) in [5.74, 6) is 1.49. The largest absolute Gasteiger partial charge is 0.360 e. The van der Waals surface area contributed by atoms with E-state index in [9.17, 15) is 4.79 Å². The van der Waals surface area contributed by atoms with Crippen molar-refractivity contribution in [3.63, 3.8) is 0 Å². The quantitative estimate of drug-likeness (QED) is 0.646. The van der Waals surface area contributed by atoms with E-state index in [1.54, 1.807) is 14.1 Å². The minimum atomic E-state index is 0.0926. The van der Waals surface area contributed by atoms with Crippen molar-refractivity contribution in [3.05, 3.63) is 0 Å². The van der Waals surface area contributed by atoms with Crippen LogP contribution in [0, 0.1) is 0 Å². The molecule has 0 N–H and O–H groups in total. The molecule has 0 aromatic carbocycles. The molecule has 0 bridgehead atoms. The first-order valence-electron chi connectivity index (χ1n) is 6.57. The fourth-order valence-corrected chi connectivity index (χ4v) is 1.94. The molecule has 0 spiro atoms. The minimum absolute atomic E-state index is 0.0926. The van der Waals surface area contributed by atoms with E-state index in [-0.39, 0.29) is 5.91 Å². The van der Waals surface area contributed by atoms with Gasteiger partial charge < -0.3 is 9.80 Å². The van der Waals surface area contributed by atoms with Gasteiger partial charge in [-0.1, -0.05) is 6.42 Å². The number of nitrogens with zero attached hydrogens (tertiary/aromatic N) is 3. The van der Waals surface area contributed by atoms with Gasteiger partial charge in [-0.3, -0.25) is 9.79 Å². The molecule has 0 saturated carbocycles. The lowest BCUT2D eigenvalue weighted by Gasteiger charge is -2.27. The maximum Gasteiger partial charge on any atom is 0.218 e. The Balaban J connectivity index is 0.000000209. The number of hydrogen-bond donors (Lipinski definition) is 0. The lowest BCUT2D eigenvalue weighted by molar-refractivity contribution is -0.126. The molecular weight excluding hydrogens is 214 g/mol. The second-order valence-electron chi connectivity index (χ2n) is 4.86. The number of rotatable bonds is 0. The minimum Gasteiger partial charge on any atom is -0.360 e. The van der Waals surface area contributed by atoms with Crippen LogP contribution in [0.1, 0.15) is 39.0 Å². The van der Waals surface area contributed by atoms with Gasteiger partial charge in [0.2, 0.25) is 5.91 Å². The molecule has 0 aromatic rings. The lowest BCUT2D eigenvalue weighted by atomic mass is 10.2. The SMILES string of the molecule is C1CCC2=NCCCN2CC1.CC(=O)N(C)C. The third kappa shape index (κ3) is 5.20. The van der Waals surface area contributed by atoms with Crippen molar-refractivity contribution in [2.75, 3.05) is 33.7 Å². The second-order valence-corrected chi connectivity index (χ2v) is 4.86. The van der Waals surface area contributed by atoms with Crippen LogP contribution < -0.4 is 0 Å². The summed E-state index contributed by atoms with van der Waals surface area (Å²) in [4.78, 5) is 18.6. The average Bonchev–Trinajstić information content (AvgIpc) is 2.54. The first-order chi connectivity index (χ1) is 8.11. The fraction of sp³-hybridized carbons (Fsp3) is 0.846. The Kier molecular flexibility index (Phi) is 6.01. The third-order valence-electron chi connectivity index (χ3n) is 3.20. The predicted octanol–water partition coefficient (Wildman–Crippen LogP) is 1.76. The van der Waals surface area contributed by atoms with Crippen LogP contribution in [0.2, 0.25) is 0 Å². The molecule has 17 heavy (non-hydrogen) atoms. The highest BCUT2D eigenvalue weighted by Crippen LogP contribution is 2.15. The molecule has 1 amide bonds. The molecule has 2 aliphatic rings. The number of amides is 1. The highest BCUT2D eigenvalue weighted by molar-refractivity contribution is 5.83. The number of carbonyl (C=O) groups is 1. The van der Waals surface area contributed by atoms with E-state index in [0.717, 1.165) is 6.54 Å². The zero-order valence-electron chi connectivity index (χ0n) is 11.4. The van der Waals surface area contributed by atoms with Gasteiger partial charge in [0.15, 0.2) is 0 Å². The van der Waals surface area contributed by atoms with Crippen molar-refractivity contribution < 1.29 is 4.79 Å². The van der Waals surface area contributed by atoms with Crippen LogP contribution in [-0.2, 0) is 4.79 Å². The average molecular weight is 239 g/mol. The van der Waals surface area contributed by atoms with Crippen molar-refractivity contribution in [3.8, 4) is 0 Å². The number of aliphatic imine (C=N–C) groups is 1. The summed E-state index contributed by atoms with van der Waals surface area (Å²) in [5, 5.41) is 0. The highest BCUT2D eigenvalue weighted by atomic mass is 16.2. The van der Waals surface area contributed by atoms with E-state index >= 15 is 0 Å². The number of carbonyl (C=O) groups excluding carboxylic acids is 1. The van der Waals surface area contributed by atoms with Gasteiger partial charge in [-0.05, 0) is 19.3 Å². The first-order valence-corrected chi connectivity index (χ1v) is 6.57. The Labute approximate surface area is 105 Å². The summed E-state index contributed by atoms with van der Waals surface area (Å²) in [6.45, 7) is 5.13. The van der Waals surface area contributed by atoms with Gasteiger partial charge in [-0.15, -0.1) is 0 Å². The van der Waals surface area contributed by atoms with E-state index in [0.29, 0.717) is 0 Å². The monoisotopic (exact) mass is 239 g/mol. The molecule has 0 atom stereocenters. The molecule has 2 aliphatic heterocycles. The van der Waals surface area contributed by atoms with Crippen molar-refractivity contribution in [2.24, 2.45) is 4.99 Å². The second kappa shape index (κ2) is 7.30. The number of fused-ring (bicyclic) bond motifs is 1. The molecular formula is C13H25N3O. The Morgan fingerprint density at radius 2 is 1.82 bits per heavy atom. The van der Waals surface area contributed by atoms with Crippen molar-refractivity contribution >= 4 is 11.7 Å². The summed E-state index contributed by atoms with van der Waals surface area (Å²) in [7, 11) is 3.45. The Morgan fingerprint density at radius 3 is 2.47 bits per heavy atom. The van der Waals surface area contributed by atoms with Gasteiger partial charge >= 0.3 is 0 Å². The van der Waals surface area contributed by atoms with Gasteiger partial charge in [0, 0.05) is 47.1 Å². The first kappa shape index (κ1) is 14.0. The summed E-state index contributed by atoms with van der Waals surface area (Å²) in [5.41, 5.74) is 0. The van der Waals surface area contributed by atoms with E-state index in [1.807, 2.05) is 0 Å². The third-order valence-corrected chi connectivity index (χ3v) is 3.20. The molecule has 2 heterocycles. The standard InChI is InChI=1S/C9H16N2.C4H9NO/c1-2-5-9-10-6-4-8-11(9)7-3-1;1-4(6)5(2)3/h1-8H2;1-3H3. The zero-order valence-corrected chi connectivity index (χ0v) is 11.4. The van der Waals surface area contributed by atoms with Crippen LogP contribution in [0.5, 0.6) is 0 Å². The van der Waals surface area contributed by atoms with E-state index in [2.05, 4.69) is 9.89 Å². The Morgan fingerprint density at radius 1 is 1.18 bits per heavy atom. The highest BCUT2D eigenvalue weighted by Gasteiger charge is 2.16. The summed E-state index contributed by atoms with van der Waals surface area (Å²) in [6, 6.07) is 0. The van der Waals surface area contributed by atoms with Gasteiger partial charge in [-0.25, -0.2) is 0 Å². The Hall–Kier alpha value is -1.06. The molecule has 2 rings (SSSR count). The maximum absolute atomic E-state index is 10.1. The molecule has 1 fully saturated rings. The van der Waals surface area contributed by atoms with Crippen LogP contribution >= 0.6 is 0 Å². The molecule has 1 saturated heterocycles. The predicted molar refractivity (Wildman–Crippen MR) is 71.3 cm³/mol. The van der Waals surface area contributed by atoms with Crippen LogP contribution in [0.15, 0.2) is 4.99 Å². The van der Waals surface area contributed by atoms with Crippen molar-refractivity contribution in [1.29, 1.82) is 0 Å². The maximum atomic E-state index is 10.1. The molecule has 0 unspecified atom stereocenters. The van der Waals surface area contributed by atoms with E-state index in [4.69, 9.17) is 0 Å². The summed E-state index contributed by atoms with van der Waals surface area (Å²) >= 11 is 0. The Bertz CT molecular complexity index is 274. The van der Waals surface area contributed by atoms with Gasteiger partial charge in [-0.2, -0.15) is 0 Å². The van der Waals surface area contributed by atoms with E-state index in [1.165, 1.54) is 62.9 Å². The van der Waals surface area contributed by atoms with Gasteiger partial charge in [0.05, 0.1) is 5.84 Å². The zero-order chi connectivity index (χ0) is 12.7. The van der Waals surface area contributed by atoms with Gasteiger partial charge in [0.1, 0.15) is 0 Å². The smallest absolute Gasteiger partial charge is 0.218 e.